The maximum absolute atomic E-state index is 12.0. The monoisotopic (exact) mass is 296 g/mol. The van der Waals surface area contributed by atoms with Crippen molar-refractivity contribution >= 4 is 17.2 Å². The summed E-state index contributed by atoms with van der Waals surface area (Å²) in [6.45, 7) is 5.62. The van der Waals surface area contributed by atoms with E-state index < -0.39 is 0 Å². The zero-order chi connectivity index (χ0) is 14.4. The zero-order valence-corrected chi connectivity index (χ0v) is 12.9. The Kier molecular flexibility index (Phi) is 6.01. The third-order valence-corrected chi connectivity index (χ3v) is 4.65. The molecule has 112 valence electrons. The number of piperidine rings is 1. The minimum absolute atomic E-state index is 0.0635. The average Bonchev–Trinajstić information content (AvgIpc) is 2.98. The van der Waals surface area contributed by atoms with Crippen LogP contribution in [0.3, 0.4) is 0 Å². The van der Waals surface area contributed by atoms with Gasteiger partial charge < -0.3 is 15.3 Å². The number of carbonyl (C=O) groups is 1. The summed E-state index contributed by atoms with van der Waals surface area (Å²) in [6.07, 6.45) is 2.61. The smallest absolute Gasteiger partial charge is 0.227 e. The first-order chi connectivity index (χ1) is 9.66. The first-order valence-electron chi connectivity index (χ1n) is 7.37. The minimum atomic E-state index is -0.114. The third kappa shape index (κ3) is 4.58. The minimum Gasteiger partial charge on any atom is -0.393 e. The highest BCUT2D eigenvalue weighted by Gasteiger charge is 2.17. The zero-order valence-electron chi connectivity index (χ0n) is 12.0. The summed E-state index contributed by atoms with van der Waals surface area (Å²) in [7, 11) is 0. The fourth-order valence-corrected chi connectivity index (χ4v) is 3.24. The van der Waals surface area contributed by atoms with Gasteiger partial charge in [-0.2, -0.15) is 11.3 Å². The highest BCUT2D eigenvalue weighted by Crippen LogP contribution is 2.18. The first-order valence-corrected chi connectivity index (χ1v) is 8.31. The Morgan fingerprint density at radius 2 is 2.30 bits per heavy atom. The quantitative estimate of drug-likeness (QED) is 0.787. The fraction of sp³-hybridized carbons (Fsp3) is 0.667. The van der Waals surface area contributed by atoms with Gasteiger partial charge in [-0.25, -0.2) is 0 Å². The van der Waals surface area contributed by atoms with E-state index in [0.717, 1.165) is 51.0 Å². The molecule has 1 aliphatic rings. The predicted molar refractivity (Wildman–Crippen MR) is 82.0 cm³/mol. The fourth-order valence-electron chi connectivity index (χ4n) is 2.48. The lowest BCUT2D eigenvalue weighted by Crippen LogP contribution is -2.38. The Balaban J connectivity index is 1.60. The molecule has 0 saturated carbocycles. The molecule has 1 fully saturated rings. The second-order valence-corrected chi connectivity index (χ2v) is 6.28. The number of rotatable bonds is 6. The van der Waals surface area contributed by atoms with Gasteiger partial charge in [-0.3, -0.25) is 4.79 Å². The Bertz CT molecular complexity index is 400. The van der Waals surface area contributed by atoms with Crippen molar-refractivity contribution in [1.82, 2.24) is 10.2 Å². The number of carbonyl (C=O) groups excluding carboxylic acids is 1. The molecule has 0 aromatic carbocycles. The van der Waals surface area contributed by atoms with Crippen LogP contribution < -0.4 is 5.32 Å². The molecule has 2 heterocycles. The molecule has 1 aliphatic heterocycles. The Hall–Kier alpha value is -0.910. The Labute approximate surface area is 124 Å². The largest absolute Gasteiger partial charge is 0.393 e. The summed E-state index contributed by atoms with van der Waals surface area (Å²) in [4.78, 5) is 14.3. The van der Waals surface area contributed by atoms with Crippen molar-refractivity contribution in [3.63, 3.8) is 0 Å². The predicted octanol–water partition coefficient (Wildman–Crippen LogP) is 1.81. The molecule has 0 aliphatic carbocycles. The maximum Gasteiger partial charge on any atom is 0.227 e. The number of aliphatic hydroxyl groups is 1. The second-order valence-electron chi connectivity index (χ2n) is 5.50. The molecule has 0 bridgehead atoms. The molecule has 1 saturated heterocycles. The van der Waals surface area contributed by atoms with E-state index in [9.17, 15) is 9.90 Å². The Morgan fingerprint density at radius 1 is 1.55 bits per heavy atom. The van der Waals surface area contributed by atoms with Crippen molar-refractivity contribution in [3.8, 4) is 0 Å². The molecule has 5 heteroatoms. The van der Waals surface area contributed by atoms with Crippen LogP contribution in [-0.4, -0.2) is 48.2 Å². The molecule has 1 unspecified atom stereocenters. The van der Waals surface area contributed by atoms with Crippen molar-refractivity contribution in [2.24, 2.45) is 0 Å². The van der Waals surface area contributed by atoms with Gasteiger partial charge in [0.2, 0.25) is 5.91 Å². The molecule has 20 heavy (non-hydrogen) atoms. The summed E-state index contributed by atoms with van der Waals surface area (Å²) >= 11 is 1.63. The highest BCUT2D eigenvalue weighted by molar-refractivity contribution is 7.08. The van der Waals surface area contributed by atoms with Crippen LogP contribution in [-0.2, 0) is 4.79 Å². The van der Waals surface area contributed by atoms with Gasteiger partial charge in [0.25, 0.3) is 0 Å². The number of hydrogen-bond donors (Lipinski definition) is 2. The molecule has 1 aromatic rings. The highest BCUT2D eigenvalue weighted by atomic mass is 32.1. The average molecular weight is 296 g/mol. The number of amides is 1. The van der Waals surface area contributed by atoms with Gasteiger partial charge in [0.15, 0.2) is 0 Å². The molecule has 4 nitrogen and oxygen atoms in total. The first kappa shape index (κ1) is 15.5. The third-order valence-electron chi connectivity index (χ3n) is 3.94. The van der Waals surface area contributed by atoms with Gasteiger partial charge >= 0.3 is 0 Å². The van der Waals surface area contributed by atoms with E-state index >= 15 is 0 Å². The molecule has 0 spiro atoms. The van der Waals surface area contributed by atoms with E-state index in [1.54, 1.807) is 11.3 Å². The molecule has 1 amide bonds. The van der Waals surface area contributed by atoms with Crippen molar-refractivity contribution in [1.29, 1.82) is 0 Å². The lowest BCUT2D eigenvalue weighted by Gasteiger charge is -2.29. The van der Waals surface area contributed by atoms with Crippen molar-refractivity contribution in [2.75, 3.05) is 26.2 Å². The van der Waals surface area contributed by atoms with Crippen LogP contribution in [0.2, 0.25) is 0 Å². The number of aliphatic hydroxyl groups excluding tert-OH is 1. The van der Waals surface area contributed by atoms with E-state index in [1.165, 1.54) is 0 Å². The molecule has 2 rings (SSSR count). The summed E-state index contributed by atoms with van der Waals surface area (Å²) < 4.78 is 0. The van der Waals surface area contributed by atoms with E-state index in [-0.39, 0.29) is 17.9 Å². The number of nitrogens with zero attached hydrogens (tertiary/aromatic N) is 1. The lowest BCUT2D eigenvalue weighted by atomic mass is 10.0. The van der Waals surface area contributed by atoms with Crippen LogP contribution in [0.5, 0.6) is 0 Å². The van der Waals surface area contributed by atoms with Crippen molar-refractivity contribution < 1.29 is 9.90 Å². The van der Waals surface area contributed by atoms with Crippen LogP contribution in [0.4, 0.5) is 0 Å². The number of likely N-dealkylation sites (tertiary alicyclic amines) is 1. The lowest BCUT2D eigenvalue weighted by molar-refractivity contribution is -0.122. The number of nitrogens with one attached hydrogen (secondary N) is 1. The van der Waals surface area contributed by atoms with Crippen molar-refractivity contribution in [3.05, 3.63) is 22.4 Å². The maximum atomic E-state index is 12.0. The standard InChI is InChI=1S/C15H24N2O2S/c1-12(13-5-10-20-11-13)15(19)16-6-2-7-17-8-3-14(18)4-9-17/h5,10-12,14,18H,2-4,6-9H2,1H3,(H,16,19). The van der Waals surface area contributed by atoms with Crippen LogP contribution in [0.1, 0.15) is 37.7 Å². The van der Waals surface area contributed by atoms with Gasteiger partial charge in [-0.1, -0.05) is 0 Å². The van der Waals surface area contributed by atoms with Gasteiger partial charge in [0, 0.05) is 19.6 Å². The van der Waals surface area contributed by atoms with E-state index in [4.69, 9.17) is 0 Å². The van der Waals surface area contributed by atoms with E-state index in [2.05, 4.69) is 10.2 Å². The topological polar surface area (TPSA) is 52.6 Å². The molecular weight excluding hydrogens is 272 g/mol. The molecule has 1 aromatic heterocycles. The van der Waals surface area contributed by atoms with Gasteiger partial charge in [0.05, 0.1) is 12.0 Å². The van der Waals surface area contributed by atoms with Gasteiger partial charge in [-0.05, 0) is 55.1 Å². The summed E-state index contributed by atoms with van der Waals surface area (Å²) in [5, 5.41) is 16.5. The van der Waals surface area contributed by atoms with E-state index in [0.29, 0.717) is 0 Å². The number of hydrogen-bond acceptors (Lipinski definition) is 4. The van der Waals surface area contributed by atoms with Crippen LogP contribution in [0, 0.1) is 0 Å². The van der Waals surface area contributed by atoms with Crippen LogP contribution in [0.15, 0.2) is 16.8 Å². The molecular formula is C15H24N2O2S. The Morgan fingerprint density at radius 3 is 2.95 bits per heavy atom. The van der Waals surface area contributed by atoms with Gasteiger partial charge in [-0.15, -0.1) is 0 Å². The molecule has 2 N–H and O–H groups in total. The van der Waals surface area contributed by atoms with E-state index in [1.807, 2.05) is 23.8 Å². The SMILES string of the molecule is CC(C(=O)NCCCN1CCC(O)CC1)c1ccsc1. The summed E-state index contributed by atoms with van der Waals surface area (Å²) in [5.41, 5.74) is 1.09. The molecule has 1 atom stereocenters. The van der Waals surface area contributed by atoms with Crippen LogP contribution >= 0.6 is 11.3 Å². The summed E-state index contributed by atoms with van der Waals surface area (Å²) in [5.74, 6) is 0.0452. The second kappa shape index (κ2) is 7.76. The number of thiophene rings is 1. The normalized spacial score (nSPS) is 18.9. The van der Waals surface area contributed by atoms with Crippen LogP contribution in [0.25, 0.3) is 0 Å². The van der Waals surface area contributed by atoms with Crippen molar-refractivity contribution in [2.45, 2.75) is 38.2 Å². The molecule has 0 radical (unpaired) electrons. The van der Waals surface area contributed by atoms with Gasteiger partial charge in [0.1, 0.15) is 0 Å². The summed E-state index contributed by atoms with van der Waals surface area (Å²) in [6, 6.07) is 2.01.